The maximum atomic E-state index is 14.4. The Kier molecular flexibility index (Phi) is 5.61. The second-order valence-electron chi connectivity index (χ2n) is 7.22. The number of sulfone groups is 1. The minimum absolute atomic E-state index is 0.166. The average molecular weight is 437 g/mol. The Morgan fingerprint density at radius 2 is 1.65 bits per heavy atom. The Labute approximate surface area is 180 Å². The second-order valence-corrected chi connectivity index (χ2v) is 9.24. The summed E-state index contributed by atoms with van der Waals surface area (Å²) < 4.78 is 44.8. The summed E-state index contributed by atoms with van der Waals surface area (Å²) in [6.45, 7) is 0.550. The van der Waals surface area contributed by atoms with Crippen LogP contribution in [0.1, 0.15) is 5.56 Å². The number of rotatable bonds is 6. The predicted molar refractivity (Wildman–Crippen MR) is 118 cm³/mol. The first-order valence-corrected chi connectivity index (χ1v) is 11.5. The van der Waals surface area contributed by atoms with Crippen molar-refractivity contribution in [2.24, 2.45) is 0 Å². The number of ether oxygens (including phenoxy) is 1. The van der Waals surface area contributed by atoms with Crippen LogP contribution in [0.15, 0.2) is 83.9 Å². The zero-order valence-electron chi connectivity index (χ0n) is 17.1. The lowest BCUT2D eigenvalue weighted by molar-refractivity contribution is 0.386. The van der Waals surface area contributed by atoms with Gasteiger partial charge in [0, 0.05) is 23.6 Å². The summed E-state index contributed by atoms with van der Waals surface area (Å²) in [5.74, 6) is -0.298. The van der Waals surface area contributed by atoms with Crippen LogP contribution >= 0.6 is 0 Å². The van der Waals surface area contributed by atoms with E-state index in [1.807, 2.05) is 36.5 Å². The highest BCUT2D eigenvalue weighted by molar-refractivity contribution is 7.90. The van der Waals surface area contributed by atoms with Crippen molar-refractivity contribution >= 4 is 9.84 Å². The summed E-state index contributed by atoms with van der Waals surface area (Å²) in [5.41, 5.74) is 3.85. The molecule has 5 nitrogen and oxygen atoms in total. The molecule has 1 aromatic heterocycles. The van der Waals surface area contributed by atoms with Crippen LogP contribution in [0.4, 0.5) is 4.39 Å². The second kappa shape index (κ2) is 8.35. The van der Waals surface area contributed by atoms with Crippen LogP contribution in [0.3, 0.4) is 0 Å². The van der Waals surface area contributed by atoms with Crippen molar-refractivity contribution in [2.45, 2.75) is 11.4 Å². The summed E-state index contributed by atoms with van der Waals surface area (Å²) in [6, 6.07) is 21.2. The molecule has 1 heterocycles. The first kappa shape index (κ1) is 20.8. The van der Waals surface area contributed by atoms with E-state index >= 15 is 0 Å². The molecule has 0 radical (unpaired) electrons. The third kappa shape index (κ3) is 4.51. The quantitative estimate of drug-likeness (QED) is 0.435. The topological polar surface area (TPSA) is 61.2 Å². The monoisotopic (exact) mass is 436 g/mol. The summed E-state index contributed by atoms with van der Waals surface area (Å²) in [5, 5.41) is 4.73. The minimum atomic E-state index is -3.30. The number of benzene rings is 3. The van der Waals surface area contributed by atoms with E-state index in [9.17, 15) is 12.8 Å². The molecule has 0 amide bonds. The lowest BCUT2D eigenvalue weighted by Gasteiger charge is -2.06. The number of hydrogen-bond acceptors (Lipinski definition) is 4. The SMILES string of the molecule is COc1ccc(-c2cn(Cc3ccccc3)nc2-c2ccc(S(C)(=O)=O)cc2)cc1F. The molecule has 0 aliphatic carbocycles. The van der Waals surface area contributed by atoms with E-state index in [0.29, 0.717) is 17.8 Å². The van der Waals surface area contributed by atoms with Gasteiger partial charge in [0.15, 0.2) is 21.4 Å². The van der Waals surface area contributed by atoms with E-state index in [1.165, 1.54) is 19.4 Å². The molecule has 31 heavy (non-hydrogen) atoms. The van der Waals surface area contributed by atoms with Gasteiger partial charge < -0.3 is 4.74 Å². The molecule has 0 saturated heterocycles. The average Bonchev–Trinajstić information content (AvgIpc) is 3.17. The third-order valence-corrected chi connectivity index (χ3v) is 6.10. The molecule has 0 N–H and O–H groups in total. The molecule has 0 unspecified atom stereocenters. The van der Waals surface area contributed by atoms with E-state index in [2.05, 4.69) is 0 Å². The first-order valence-electron chi connectivity index (χ1n) is 9.61. The molecule has 4 aromatic rings. The number of methoxy groups -OCH3 is 1. The van der Waals surface area contributed by atoms with Crippen molar-refractivity contribution in [1.82, 2.24) is 9.78 Å². The van der Waals surface area contributed by atoms with Crippen LogP contribution in [0.2, 0.25) is 0 Å². The number of aromatic nitrogens is 2. The zero-order chi connectivity index (χ0) is 22.0. The highest BCUT2D eigenvalue weighted by Crippen LogP contribution is 2.34. The van der Waals surface area contributed by atoms with Crippen molar-refractivity contribution in [3.05, 3.63) is 90.4 Å². The Hall–Kier alpha value is -3.45. The highest BCUT2D eigenvalue weighted by atomic mass is 32.2. The molecular formula is C24H21FN2O3S. The highest BCUT2D eigenvalue weighted by Gasteiger charge is 2.16. The lowest BCUT2D eigenvalue weighted by Crippen LogP contribution is -2.00. The predicted octanol–water partition coefficient (Wildman–Crippen LogP) is 4.82. The van der Waals surface area contributed by atoms with Gasteiger partial charge in [0.1, 0.15) is 5.69 Å². The van der Waals surface area contributed by atoms with Crippen LogP contribution in [-0.4, -0.2) is 31.6 Å². The van der Waals surface area contributed by atoms with Gasteiger partial charge in [-0.2, -0.15) is 5.10 Å². The van der Waals surface area contributed by atoms with Crippen LogP contribution in [0.5, 0.6) is 5.75 Å². The molecular weight excluding hydrogens is 415 g/mol. The zero-order valence-corrected chi connectivity index (χ0v) is 17.9. The van der Waals surface area contributed by atoms with Gasteiger partial charge in [-0.05, 0) is 35.4 Å². The maximum absolute atomic E-state index is 14.4. The van der Waals surface area contributed by atoms with E-state index in [-0.39, 0.29) is 10.6 Å². The van der Waals surface area contributed by atoms with E-state index in [0.717, 1.165) is 16.7 Å². The minimum Gasteiger partial charge on any atom is -0.494 e. The van der Waals surface area contributed by atoms with Gasteiger partial charge in [0.25, 0.3) is 0 Å². The van der Waals surface area contributed by atoms with Crippen molar-refractivity contribution in [3.63, 3.8) is 0 Å². The molecule has 4 rings (SSSR count). The Morgan fingerprint density at radius 3 is 2.26 bits per heavy atom. The van der Waals surface area contributed by atoms with Gasteiger partial charge in [-0.25, -0.2) is 12.8 Å². The molecule has 158 valence electrons. The van der Waals surface area contributed by atoms with Crippen LogP contribution in [-0.2, 0) is 16.4 Å². The molecule has 0 fully saturated rings. The van der Waals surface area contributed by atoms with Gasteiger partial charge in [-0.1, -0.05) is 48.5 Å². The molecule has 0 bridgehead atoms. The number of nitrogens with zero attached hydrogens (tertiary/aromatic N) is 2. The molecule has 0 saturated carbocycles. The van der Waals surface area contributed by atoms with Crippen LogP contribution in [0, 0.1) is 5.82 Å². The van der Waals surface area contributed by atoms with E-state index in [1.54, 1.807) is 41.1 Å². The molecule has 0 aliphatic rings. The van der Waals surface area contributed by atoms with Gasteiger partial charge >= 0.3 is 0 Å². The van der Waals surface area contributed by atoms with Gasteiger partial charge in [-0.3, -0.25) is 4.68 Å². The molecule has 0 atom stereocenters. The first-order chi connectivity index (χ1) is 14.8. The Morgan fingerprint density at radius 1 is 0.968 bits per heavy atom. The van der Waals surface area contributed by atoms with Gasteiger partial charge in [0.2, 0.25) is 0 Å². The Balaban J connectivity index is 1.81. The summed E-state index contributed by atoms with van der Waals surface area (Å²) in [6.07, 6.45) is 3.04. The summed E-state index contributed by atoms with van der Waals surface area (Å²) in [4.78, 5) is 0.233. The normalized spacial score (nSPS) is 11.5. The van der Waals surface area contributed by atoms with Gasteiger partial charge in [0.05, 0.1) is 18.6 Å². The molecule has 3 aromatic carbocycles. The fourth-order valence-electron chi connectivity index (χ4n) is 3.39. The fourth-order valence-corrected chi connectivity index (χ4v) is 4.02. The van der Waals surface area contributed by atoms with Crippen molar-refractivity contribution in [3.8, 4) is 28.1 Å². The number of hydrogen-bond donors (Lipinski definition) is 0. The number of halogens is 1. The van der Waals surface area contributed by atoms with Crippen molar-refractivity contribution in [1.29, 1.82) is 0 Å². The summed E-state index contributed by atoms with van der Waals surface area (Å²) in [7, 11) is -1.88. The lowest BCUT2D eigenvalue weighted by atomic mass is 10.0. The van der Waals surface area contributed by atoms with Crippen molar-refractivity contribution < 1.29 is 17.5 Å². The van der Waals surface area contributed by atoms with Crippen LogP contribution in [0.25, 0.3) is 22.4 Å². The maximum Gasteiger partial charge on any atom is 0.175 e. The summed E-state index contributed by atoms with van der Waals surface area (Å²) >= 11 is 0. The Bertz CT molecular complexity index is 1310. The van der Waals surface area contributed by atoms with E-state index in [4.69, 9.17) is 9.84 Å². The largest absolute Gasteiger partial charge is 0.494 e. The molecule has 0 aliphatic heterocycles. The standard InChI is InChI=1S/C24H21FN2O3S/c1-30-23-13-10-19(14-22(23)25)21-16-27(15-17-6-4-3-5-7-17)26-24(21)18-8-11-20(12-9-18)31(2,28)29/h3-14,16H,15H2,1-2H3. The fraction of sp³-hybridized carbons (Fsp3) is 0.125. The smallest absolute Gasteiger partial charge is 0.175 e. The van der Waals surface area contributed by atoms with E-state index < -0.39 is 15.7 Å². The molecule has 0 spiro atoms. The van der Waals surface area contributed by atoms with Crippen molar-refractivity contribution in [2.75, 3.05) is 13.4 Å². The van der Waals surface area contributed by atoms with Crippen LogP contribution < -0.4 is 4.74 Å². The third-order valence-electron chi connectivity index (χ3n) is 4.97. The van der Waals surface area contributed by atoms with Gasteiger partial charge in [-0.15, -0.1) is 0 Å². The molecule has 7 heteroatoms.